The van der Waals surface area contributed by atoms with Crippen molar-refractivity contribution >= 4 is 11.6 Å². The fourth-order valence-electron chi connectivity index (χ4n) is 3.31. The van der Waals surface area contributed by atoms with Crippen LogP contribution in [-0.4, -0.2) is 43.7 Å². The molecule has 0 aromatic heterocycles. The fourth-order valence-corrected chi connectivity index (χ4v) is 3.31. The van der Waals surface area contributed by atoms with Gasteiger partial charge in [0.15, 0.2) is 0 Å². The van der Waals surface area contributed by atoms with Gasteiger partial charge in [0.2, 0.25) is 5.91 Å². The van der Waals surface area contributed by atoms with E-state index < -0.39 is 0 Å². The summed E-state index contributed by atoms with van der Waals surface area (Å²) in [5.74, 6) is 0.0626. The number of benzene rings is 2. The van der Waals surface area contributed by atoms with Crippen molar-refractivity contribution in [1.82, 2.24) is 10.2 Å². The van der Waals surface area contributed by atoms with Gasteiger partial charge >= 0.3 is 0 Å². The highest BCUT2D eigenvalue weighted by Gasteiger charge is 2.12. The maximum Gasteiger partial charge on any atom is 0.225 e. The Morgan fingerprint density at radius 2 is 1.71 bits per heavy atom. The molecule has 0 atom stereocenters. The summed E-state index contributed by atoms with van der Waals surface area (Å²) in [6.07, 6.45) is 1.58. The number of nitrogens with one attached hydrogen (secondary N) is 2. The number of hydrogen-bond donors (Lipinski definition) is 2. The molecular weight excluding hydrogens is 350 g/mol. The number of anilines is 1. The lowest BCUT2D eigenvalue weighted by Crippen LogP contribution is -2.38. The fraction of sp³-hybridized carbons (Fsp3) is 0.435. The van der Waals surface area contributed by atoms with Gasteiger partial charge in [-0.25, -0.2) is 0 Å². The second kappa shape index (κ2) is 11.0. The first-order valence-electron chi connectivity index (χ1n) is 10.2. The normalized spacial score (nSPS) is 14.8. The lowest BCUT2D eigenvalue weighted by Gasteiger charge is -2.26. The molecule has 2 aromatic carbocycles. The summed E-state index contributed by atoms with van der Waals surface area (Å²) in [4.78, 5) is 14.5. The van der Waals surface area contributed by atoms with E-state index in [2.05, 4.69) is 52.8 Å². The van der Waals surface area contributed by atoms with Gasteiger partial charge in [0, 0.05) is 44.8 Å². The van der Waals surface area contributed by atoms with Gasteiger partial charge in [0.25, 0.3) is 0 Å². The lowest BCUT2D eigenvalue weighted by atomic mass is 10.1. The van der Waals surface area contributed by atoms with E-state index in [0.29, 0.717) is 6.42 Å². The van der Waals surface area contributed by atoms with Crippen LogP contribution in [0.3, 0.4) is 0 Å². The molecule has 5 heteroatoms. The second-order valence-corrected chi connectivity index (χ2v) is 7.23. The molecule has 1 heterocycles. The van der Waals surface area contributed by atoms with Crippen LogP contribution < -0.4 is 10.6 Å². The highest BCUT2D eigenvalue weighted by molar-refractivity contribution is 5.90. The number of morpholine rings is 1. The molecular formula is C23H31N3O2. The minimum atomic E-state index is 0.0626. The van der Waals surface area contributed by atoms with Crippen molar-refractivity contribution in [2.24, 2.45) is 0 Å². The Morgan fingerprint density at radius 3 is 2.46 bits per heavy atom. The molecule has 2 N–H and O–H groups in total. The molecule has 3 rings (SSSR count). The number of rotatable bonds is 9. The van der Waals surface area contributed by atoms with Gasteiger partial charge in [-0.15, -0.1) is 0 Å². The molecule has 1 amide bonds. The third-order valence-corrected chi connectivity index (χ3v) is 5.06. The van der Waals surface area contributed by atoms with Crippen molar-refractivity contribution in [3.63, 3.8) is 0 Å². The molecule has 1 aliphatic heterocycles. The molecule has 1 aliphatic rings. The van der Waals surface area contributed by atoms with Gasteiger partial charge in [-0.2, -0.15) is 0 Å². The second-order valence-electron chi connectivity index (χ2n) is 7.23. The molecule has 0 aliphatic carbocycles. The van der Waals surface area contributed by atoms with E-state index in [0.717, 1.165) is 63.6 Å². The zero-order valence-electron chi connectivity index (χ0n) is 16.7. The smallest absolute Gasteiger partial charge is 0.225 e. The third-order valence-electron chi connectivity index (χ3n) is 5.06. The molecule has 0 radical (unpaired) electrons. The van der Waals surface area contributed by atoms with E-state index in [-0.39, 0.29) is 5.91 Å². The zero-order valence-corrected chi connectivity index (χ0v) is 16.7. The van der Waals surface area contributed by atoms with Crippen LogP contribution in [0.15, 0.2) is 48.5 Å². The van der Waals surface area contributed by atoms with Gasteiger partial charge in [-0.3, -0.25) is 9.69 Å². The SMILES string of the molecule is CCc1ccc(CNCc2cccc(NC(=O)CCN3CCOCC3)c2)cc1. The number of nitrogens with zero attached hydrogens (tertiary/aromatic N) is 1. The Labute approximate surface area is 168 Å². The summed E-state index contributed by atoms with van der Waals surface area (Å²) >= 11 is 0. The van der Waals surface area contributed by atoms with Crippen molar-refractivity contribution in [2.75, 3.05) is 38.2 Å². The number of aryl methyl sites for hydroxylation is 1. The molecule has 5 nitrogen and oxygen atoms in total. The molecule has 0 saturated carbocycles. The van der Waals surface area contributed by atoms with Crippen LogP contribution in [0, 0.1) is 0 Å². The number of carbonyl (C=O) groups is 1. The molecule has 150 valence electrons. The van der Waals surface area contributed by atoms with E-state index in [1.165, 1.54) is 11.1 Å². The van der Waals surface area contributed by atoms with Gasteiger partial charge in [-0.05, 0) is 35.2 Å². The predicted octanol–water partition coefficient (Wildman–Crippen LogP) is 3.20. The standard InChI is InChI=1S/C23H31N3O2/c1-2-19-6-8-20(9-7-19)17-24-18-21-4-3-5-22(16-21)25-23(27)10-11-26-12-14-28-15-13-26/h3-9,16,24H,2,10-15,17-18H2,1H3,(H,25,27). The third kappa shape index (κ3) is 6.75. The summed E-state index contributed by atoms with van der Waals surface area (Å²) in [5, 5.41) is 6.49. The Hall–Kier alpha value is -2.21. The van der Waals surface area contributed by atoms with E-state index in [4.69, 9.17) is 4.74 Å². The van der Waals surface area contributed by atoms with Crippen LogP contribution in [0.2, 0.25) is 0 Å². The van der Waals surface area contributed by atoms with Crippen molar-refractivity contribution in [1.29, 1.82) is 0 Å². The molecule has 28 heavy (non-hydrogen) atoms. The number of carbonyl (C=O) groups excluding carboxylic acids is 1. The Bertz CT molecular complexity index is 740. The topological polar surface area (TPSA) is 53.6 Å². The quantitative estimate of drug-likeness (QED) is 0.700. The van der Waals surface area contributed by atoms with E-state index in [1.807, 2.05) is 18.2 Å². The summed E-state index contributed by atoms with van der Waals surface area (Å²) in [5.41, 5.74) is 4.67. The van der Waals surface area contributed by atoms with E-state index >= 15 is 0 Å². The summed E-state index contributed by atoms with van der Waals surface area (Å²) in [6, 6.07) is 16.8. The van der Waals surface area contributed by atoms with Crippen molar-refractivity contribution < 1.29 is 9.53 Å². The van der Waals surface area contributed by atoms with E-state index in [1.54, 1.807) is 0 Å². The minimum absolute atomic E-state index is 0.0626. The molecule has 1 fully saturated rings. The van der Waals surface area contributed by atoms with Crippen LogP contribution in [0.4, 0.5) is 5.69 Å². The average Bonchev–Trinajstić information content (AvgIpc) is 2.74. The highest BCUT2D eigenvalue weighted by atomic mass is 16.5. The maximum atomic E-state index is 12.2. The predicted molar refractivity (Wildman–Crippen MR) is 113 cm³/mol. The van der Waals surface area contributed by atoms with Crippen molar-refractivity contribution in [2.45, 2.75) is 32.9 Å². The summed E-state index contributed by atoms with van der Waals surface area (Å²) in [7, 11) is 0. The summed E-state index contributed by atoms with van der Waals surface area (Å²) in [6.45, 7) is 7.91. The van der Waals surface area contributed by atoms with Crippen LogP contribution in [0.5, 0.6) is 0 Å². The van der Waals surface area contributed by atoms with Gasteiger partial charge in [-0.1, -0.05) is 43.3 Å². The Morgan fingerprint density at radius 1 is 1.00 bits per heavy atom. The van der Waals surface area contributed by atoms with Crippen LogP contribution >= 0.6 is 0 Å². The Balaban J connectivity index is 1.41. The lowest BCUT2D eigenvalue weighted by molar-refractivity contribution is -0.116. The summed E-state index contributed by atoms with van der Waals surface area (Å²) < 4.78 is 5.34. The number of ether oxygens (including phenoxy) is 1. The van der Waals surface area contributed by atoms with Gasteiger partial charge in [0.05, 0.1) is 13.2 Å². The first-order valence-corrected chi connectivity index (χ1v) is 10.2. The van der Waals surface area contributed by atoms with Crippen LogP contribution in [0.25, 0.3) is 0 Å². The van der Waals surface area contributed by atoms with Crippen molar-refractivity contribution in [3.8, 4) is 0 Å². The average molecular weight is 382 g/mol. The number of hydrogen-bond acceptors (Lipinski definition) is 4. The van der Waals surface area contributed by atoms with Gasteiger partial charge < -0.3 is 15.4 Å². The molecule has 0 unspecified atom stereocenters. The van der Waals surface area contributed by atoms with Gasteiger partial charge in [0.1, 0.15) is 0 Å². The molecule has 0 bridgehead atoms. The first kappa shape index (κ1) is 20.5. The minimum Gasteiger partial charge on any atom is -0.379 e. The largest absolute Gasteiger partial charge is 0.379 e. The highest BCUT2D eigenvalue weighted by Crippen LogP contribution is 2.12. The van der Waals surface area contributed by atoms with Crippen molar-refractivity contribution in [3.05, 3.63) is 65.2 Å². The molecule has 2 aromatic rings. The molecule has 0 spiro atoms. The molecule has 1 saturated heterocycles. The number of amides is 1. The Kier molecular flexibility index (Phi) is 8.03. The van der Waals surface area contributed by atoms with Crippen LogP contribution in [-0.2, 0) is 29.0 Å². The maximum absolute atomic E-state index is 12.2. The van der Waals surface area contributed by atoms with E-state index in [9.17, 15) is 4.79 Å². The first-order chi connectivity index (χ1) is 13.7. The zero-order chi connectivity index (χ0) is 19.6. The monoisotopic (exact) mass is 381 g/mol. The van der Waals surface area contributed by atoms with Crippen LogP contribution in [0.1, 0.15) is 30.0 Å².